The van der Waals surface area contributed by atoms with Crippen LogP contribution < -0.4 is 5.32 Å². The number of rotatable bonds is 4. The first-order valence-corrected chi connectivity index (χ1v) is 7.55. The highest BCUT2D eigenvalue weighted by Gasteiger charge is 2.09. The summed E-state index contributed by atoms with van der Waals surface area (Å²) in [6.07, 6.45) is 11.4. The highest BCUT2D eigenvalue weighted by molar-refractivity contribution is 7.84. The lowest BCUT2D eigenvalue weighted by Crippen LogP contribution is -2.32. The summed E-state index contributed by atoms with van der Waals surface area (Å²) in [5.74, 6) is 0.802. The number of nitrogens with one attached hydrogen (secondary N) is 1. The molecule has 0 spiro atoms. The number of hydrogen-bond donors (Lipinski definition) is 1. The normalized spacial score (nSPS) is 22.6. The van der Waals surface area contributed by atoms with Gasteiger partial charge in [0.2, 0.25) is 0 Å². The van der Waals surface area contributed by atoms with Crippen LogP contribution >= 0.6 is 0 Å². The second kappa shape index (κ2) is 7.41. The predicted octanol–water partition coefficient (Wildman–Crippen LogP) is 2.07. The van der Waals surface area contributed by atoms with E-state index in [9.17, 15) is 4.21 Å². The predicted molar refractivity (Wildman–Crippen MR) is 63.0 cm³/mol. The first-order valence-electron chi connectivity index (χ1n) is 5.82. The van der Waals surface area contributed by atoms with Crippen LogP contribution in [0.2, 0.25) is 0 Å². The van der Waals surface area contributed by atoms with Gasteiger partial charge in [0.25, 0.3) is 0 Å². The van der Waals surface area contributed by atoms with E-state index in [0.29, 0.717) is 6.04 Å². The molecule has 84 valence electrons. The molecule has 0 radical (unpaired) electrons. The fraction of sp³-hybridized carbons (Fsp3) is 1.00. The van der Waals surface area contributed by atoms with Crippen molar-refractivity contribution in [2.24, 2.45) is 0 Å². The van der Waals surface area contributed by atoms with E-state index in [-0.39, 0.29) is 0 Å². The minimum atomic E-state index is -0.640. The van der Waals surface area contributed by atoms with Crippen LogP contribution in [-0.4, -0.2) is 28.8 Å². The molecular formula is C11H23NOS. The highest BCUT2D eigenvalue weighted by Crippen LogP contribution is 2.16. The Morgan fingerprint density at radius 1 is 1.14 bits per heavy atom. The van der Waals surface area contributed by atoms with Gasteiger partial charge in [-0.3, -0.25) is 4.21 Å². The molecule has 0 bridgehead atoms. The Kier molecular flexibility index (Phi) is 6.45. The minimum absolute atomic E-state index is 0.640. The lowest BCUT2D eigenvalue weighted by molar-refractivity contribution is 0.397. The monoisotopic (exact) mass is 217 g/mol. The van der Waals surface area contributed by atoms with E-state index >= 15 is 0 Å². The first kappa shape index (κ1) is 12.2. The molecule has 1 aliphatic rings. The fourth-order valence-electron chi connectivity index (χ4n) is 2.07. The zero-order valence-electron chi connectivity index (χ0n) is 9.26. The van der Waals surface area contributed by atoms with E-state index in [1.165, 1.54) is 44.9 Å². The summed E-state index contributed by atoms with van der Waals surface area (Å²) in [6, 6.07) is 0.693. The largest absolute Gasteiger partial charge is 0.313 e. The average Bonchev–Trinajstić information content (AvgIpc) is 2.07. The van der Waals surface area contributed by atoms with Crippen LogP contribution in [0.3, 0.4) is 0 Å². The van der Waals surface area contributed by atoms with Gasteiger partial charge in [-0.05, 0) is 12.8 Å². The maximum absolute atomic E-state index is 10.9. The van der Waals surface area contributed by atoms with Crippen molar-refractivity contribution >= 4 is 10.8 Å². The van der Waals surface area contributed by atoms with E-state index in [1.807, 2.05) is 0 Å². The molecule has 3 heteroatoms. The summed E-state index contributed by atoms with van der Waals surface area (Å²) in [6.45, 7) is 0.924. The molecular weight excluding hydrogens is 194 g/mol. The van der Waals surface area contributed by atoms with Crippen molar-refractivity contribution in [2.45, 2.75) is 51.0 Å². The summed E-state index contributed by atoms with van der Waals surface area (Å²) in [4.78, 5) is 0. The topological polar surface area (TPSA) is 29.1 Å². The van der Waals surface area contributed by atoms with Crippen LogP contribution in [-0.2, 0) is 10.8 Å². The molecule has 0 aromatic rings. The smallest absolute Gasteiger partial charge is 0.0357 e. The van der Waals surface area contributed by atoms with E-state index in [4.69, 9.17) is 0 Å². The Labute approximate surface area is 90.3 Å². The van der Waals surface area contributed by atoms with Crippen LogP contribution in [0.25, 0.3) is 0 Å². The molecule has 0 aromatic carbocycles. The molecule has 2 nitrogen and oxygen atoms in total. The third kappa shape index (κ3) is 5.76. The molecule has 1 atom stereocenters. The van der Waals surface area contributed by atoms with Crippen LogP contribution in [0.1, 0.15) is 44.9 Å². The van der Waals surface area contributed by atoms with E-state index < -0.39 is 10.8 Å². The second-order valence-electron chi connectivity index (χ2n) is 4.27. The third-order valence-electron chi connectivity index (χ3n) is 2.93. The van der Waals surface area contributed by atoms with Crippen molar-refractivity contribution in [1.29, 1.82) is 0 Å². The molecule has 1 aliphatic carbocycles. The highest BCUT2D eigenvalue weighted by atomic mass is 32.2. The van der Waals surface area contributed by atoms with Gasteiger partial charge in [0.1, 0.15) is 0 Å². The van der Waals surface area contributed by atoms with Crippen molar-refractivity contribution in [3.63, 3.8) is 0 Å². The van der Waals surface area contributed by atoms with Crippen LogP contribution in [0.15, 0.2) is 0 Å². The van der Waals surface area contributed by atoms with Crippen LogP contribution in [0.5, 0.6) is 0 Å². The molecule has 1 fully saturated rings. The van der Waals surface area contributed by atoms with Crippen molar-refractivity contribution in [2.75, 3.05) is 18.6 Å². The summed E-state index contributed by atoms with van der Waals surface area (Å²) in [5.41, 5.74) is 0. The zero-order chi connectivity index (χ0) is 10.2. The van der Waals surface area contributed by atoms with Crippen LogP contribution in [0, 0.1) is 0 Å². The molecule has 14 heavy (non-hydrogen) atoms. The van der Waals surface area contributed by atoms with Gasteiger partial charge in [-0.1, -0.05) is 32.1 Å². The minimum Gasteiger partial charge on any atom is -0.313 e. The van der Waals surface area contributed by atoms with Crippen molar-refractivity contribution in [1.82, 2.24) is 5.32 Å². The van der Waals surface area contributed by atoms with Gasteiger partial charge in [0.15, 0.2) is 0 Å². The molecule has 1 unspecified atom stereocenters. The van der Waals surface area contributed by atoms with Crippen molar-refractivity contribution in [3.8, 4) is 0 Å². The summed E-state index contributed by atoms with van der Waals surface area (Å²) in [7, 11) is -0.640. The Hall–Kier alpha value is 0.110. The van der Waals surface area contributed by atoms with E-state index in [1.54, 1.807) is 6.26 Å². The third-order valence-corrected chi connectivity index (χ3v) is 3.71. The average molecular weight is 217 g/mol. The standard InChI is InChI=1S/C11H23NOS/c1-14(13)10-9-12-11-7-5-3-2-4-6-8-11/h11-12H,2-10H2,1H3. The molecule has 0 aromatic heterocycles. The second-order valence-corrected chi connectivity index (χ2v) is 5.83. The van der Waals surface area contributed by atoms with Crippen LogP contribution in [0.4, 0.5) is 0 Å². The molecule has 0 saturated heterocycles. The van der Waals surface area contributed by atoms with Gasteiger partial charge in [0.05, 0.1) is 0 Å². The summed E-state index contributed by atoms with van der Waals surface area (Å²) >= 11 is 0. The van der Waals surface area contributed by atoms with Gasteiger partial charge in [0, 0.05) is 35.4 Å². The molecule has 0 amide bonds. The molecule has 1 saturated carbocycles. The molecule has 0 heterocycles. The quantitative estimate of drug-likeness (QED) is 0.781. The van der Waals surface area contributed by atoms with Gasteiger partial charge < -0.3 is 5.32 Å². The SMILES string of the molecule is CS(=O)CCNC1CCCCCCC1. The van der Waals surface area contributed by atoms with Crippen molar-refractivity contribution < 1.29 is 4.21 Å². The molecule has 1 N–H and O–H groups in total. The Morgan fingerprint density at radius 3 is 2.29 bits per heavy atom. The maximum atomic E-state index is 10.9. The summed E-state index contributed by atoms with van der Waals surface area (Å²) < 4.78 is 10.9. The Morgan fingerprint density at radius 2 is 1.71 bits per heavy atom. The Balaban J connectivity index is 2.10. The molecule has 1 rings (SSSR count). The van der Waals surface area contributed by atoms with Gasteiger partial charge in [-0.25, -0.2) is 0 Å². The first-order chi connectivity index (χ1) is 6.79. The van der Waals surface area contributed by atoms with Gasteiger partial charge in [-0.15, -0.1) is 0 Å². The van der Waals surface area contributed by atoms with E-state index in [2.05, 4.69) is 5.32 Å². The Bertz CT molecular complexity index is 165. The number of hydrogen-bond acceptors (Lipinski definition) is 2. The maximum Gasteiger partial charge on any atom is 0.0357 e. The van der Waals surface area contributed by atoms with E-state index in [0.717, 1.165) is 12.3 Å². The molecule has 0 aliphatic heterocycles. The fourth-order valence-corrected chi connectivity index (χ4v) is 2.47. The zero-order valence-corrected chi connectivity index (χ0v) is 10.1. The van der Waals surface area contributed by atoms with Gasteiger partial charge in [-0.2, -0.15) is 0 Å². The lowest BCUT2D eigenvalue weighted by Gasteiger charge is -2.20. The van der Waals surface area contributed by atoms with Crippen molar-refractivity contribution in [3.05, 3.63) is 0 Å². The lowest BCUT2D eigenvalue weighted by atomic mass is 9.97. The van der Waals surface area contributed by atoms with Gasteiger partial charge >= 0.3 is 0 Å². The summed E-state index contributed by atoms with van der Waals surface area (Å²) in [5, 5.41) is 3.53.